The zero-order valence-electron chi connectivity index (χ0n) is 22.0. The molecular formula is C29H29N7O3. The van der Waals surface area contributed by atoms with Gasteiger partial charge in [-0.1, -0.05) is 12.1 Å². The van der Waals surface area contributed by atoms with Crippen molar-refractivity contribution in [1.29, 1.82) is 5.26 Å². The normalized spacial score (nSPS) is 14.2. The van der Waals surface area contributed by atoms with E-state index in [9.17, 15) is 20.0 Å². The molecule has 39 heavy (non-hydrogen) atoms. The molecule has 0 aliphatic carbocycles. The third-order valence-corrected chi connectivity index (χ3v) is 7.10. The molecule has 0 unspecified atom stereocenters. The first-order valence-electron chi connectivity index (χ1n) is 12.8. The highest BCUT2D eigenvalue weighted by molar-refractivity contribution is 5.94. The Morgan fingerprint density at radius 2 is 1.82 bits per heavy atom. The molecule has 0 saturated carbocycles. The lowest BCUT2D eigenvalue weighted by atomic mass is 10.1. The highest BCUT2D eigenvalue weighted by Gasteiger charge is 2.25. The molecule has 10 heteroatoms. The fourth-order valence-electron chi connectivity index (χ4n) is 5.11. The number of carbonyl (C=O) groups is 1. The first-order valence-corrected chi connectivity index (χ1v) is 12.8. The molecule has 1 aromatic carbocycles. The van der Waals surface area contributed by atoms with Gasteiger partial charge in [-0.15, -0.1) is 0 Å². The summed E-state index contributed by atoms with van der Waals surface area (Å²) in [5.74, 6) is -0.381. The molecule has 1 aliphatic rings. The number of nitriles is 1. The van der Waals surface area contributed by atoms with E-state index >= 15 is 0 Å². The van der Waals surface area contributed by atoms with E-state index < -0.39 is 5.97 Å². The number of piperazine rings is 1. The van der Waals surface area contributed by atoms with Gasteiger partial charge in [-0.25, -0.2) is 14.8 Å². The summed E-state index contributed by atoms with van der Waals surface area (Å²) in [6.07, 6.45) is 3.40. The Labute approximate surface area is 225 Å². The molecule has 2 N–H and O–H groups in total. The molecule has 1 fully saturated rings. The third-order valence-electron chi connectivity index (χ3n) is 7.10. The van der Waals surface area contributed by atoms with Crippen molar-refractivity contribution in [3.8, 4) is 6.07 Å². The lowest BCUT2D eigenvalue weighted by Crippen LogP contribution is -2.48. The van der Waals surface area contributed by atoms with Gasteiger partial charge in [0.25, 0.3) is 5.56 Å². The summed E-state index contributed by atoms with van der Waals surface area (Å²) in [4.78, 5) is 38.7. The number of rotatable bonds is 6. The zero-order chi connectivity index (χ0) is 27.7. The third kappa shape index (κ3) is 4.86. The predicted molar refractivity (Wildman–Crippen MR) is 150 cm³/mol. The van der Waals surface area contributed by atoms with Gasteiger partial charge in [-0.3, -0.25) is 9.20 Å². The maximum Gasteiger partial charge on any atom is 0.337 e. The minimum atomic E-state index is -1.01. The number of fused-ring (bicyclic) bond motifs is 1. The molecule has 0 radical (unpaired) electrons. The quantitative estimate of drug-likeness (QED) is 0.388. The van der Waals surface area contributed by atoms with Crippen LogP contribution in [0.5, 0.6) is 0 Å². The standard InChI is InChI=1S/C29H29N7O3/c1-18-15-22(20(3)32-23-8-5-4-7-21(23)29(38)39)27-33-26(19(2)28(37)36(27)17-18)35-13-11-34(12-14-35)25-9-6-10-31-24(25)16-30/h4-10,15,17,20,32H,11-14H2,1-3H3,(H,38,39)/t20-/m1/s1. The van der Waals surface area contributed by atoms with E-state index in [1.807, 2.05) is 32.0 Å². The number of anilines is 3. The molecule has 1 aliphatic heterocycles. The van der Waals surface area contributed by atoms with Gasteiger partial charge in [-0.2, -0.15) is 5.26 Å². The van der Waals surface area contributed by atoms with E-state index in [1.54, 1.807) is 48.0 Å². The van der Waals surface area contributed by atoms with E-state index in [0.717, 1.165) is 16.8 Å². The number of pyridine rings is 2. The fraction of sp³-hybridized carbons (Fsp3) is 0.276. The summed E-state index contributed by atoms with van der Waals surface area (Å²) in [6, 6.07) is 14.3. The Kier molecular flexibility index (Phi) is 6.90. The topological polar surface area (TPSA) is 127 Å². The Morgan fingerprint density at radius 1 is 1.10 bits per heavy atom. The molecule has 198 valence electrons. The van der Waals surface area contributed by atoms with Crippen LogP contribution in [0, 0.1) is 25.2 Å². The number of para-hydroxylation sites is 1. The minimum Gasteiger partial charge on any atom is -0.478 e. The minimum absolute atomic E-state index is 0.139. The maximum atomic E-state index is 13.5. The van der Waals surface area contributed by atoms with E-state index in [-0.39, 0.29) is 17.2 Å². The van der Waals surface area contributed by atoms with Crippen LogP contribution in [0.2, 0.25) is 0 Å². The van der Waals surface area contributed by atoms with E-state index in [2.05, 4.69) is 26.2 Å². The molecule has 1 atom stereocenters. The van der Waals surface area contributed by atoms with Crippen molar-refractivity contribution in [1.82, 2.24) is 14.4 Å². The van der Waals surface area contributed by atoms with Gasteiger partial charge < -0.3 is 20.2 Å². The van der Waals surface area contributed by atoms with Crippen LogP contribution in [0.25, 0.3) is 5.65 Å². The highest BCUT2D eigenvalue weighted by Crippen LogP contribution is 2.28. The van der Waals surface area contributed by atoms with Crippen LogP contribution in [-0.2, 0) is 0 Å². The lowest BCUT2D eigenvalue weighted by Gasteiger charge is -2.37. The summed E-state index contributed by atoms with van der Waals surface area (Å²) in [7, 11) is 0. The van der Waals surface area contributed by atoms with Crippen LogP contribution in [0.3, 0.4) is 0 Å². The number of hydrogen-bond acceptors (Lipinski definition) is 8. The van der Waals surface area contributed by atoms with E-state index in [1.165, 1.54) is 0 Å². The van der Waals surface area contributed by atoms with Crippen molar-refractivity contribution in [2.75, 3.05) is 41.3 Å². The SMILES string of the molecule is Cc1cc([C@@H](C)Nc2ccccc2C(=O)O)c2nc(N3CCN(c4cccnc4C#N)CC3)c(C)c(=O)n2c1. The second-order valence-corrected chi connectivity index (χ2v) is 9.71. The van der Waals surface area contributed by atoms with Crippen molar-refractivity contribution in [3.05, 3.63) is 93.2 Å². The summed E-state index contributed by atoms with van der Waals surface area (Å²) >= 11 is 0. The van der Waals surface area contributed by atoms with Gasteiger partial charge >= 0.3 is 5.97 Å². The Hall–Kier alpha value is -4.91. The van der Waals surface area contributed by atoms with Gasteiger partial charge in [0.1, 0.15) is 17.5 Å². The van der Waals surface area contributed by atoms with Crippen molar-refractivity contribution in [2.45, 2.75) is 26.8 Å². The smallest absolute Gasteiger partial charge is 0.337 e. The molecule has 0 spiro atoms. The van der Waals surface area contributed by atoms with Crippen molar-refractivity contribution in [3.63, 3.8) is 0 Å². The average molecular weight is 524 g/mol. The van der Waals surface area contributed by atoms with Gasteiger partial charge in [0.2, 0.25) is 0 Å². The molecule has 1 saturated heterocycles. The van der Waals surface area contributed by atoms with Gasteiger partial charge in [-0.05, 0) is 56.7 Å². The molecule has 4 heterocycles. The second kappa shape index (κ2) is 10.5. The molecule has 3 aromatic heterocycles. The van der Waals surface area contributed by atoms with Gasteiger partial charge in [0.05, 0.1) is 22.9 Å². The summed E-state index contributed by atoms with van der Waals surface area (Å²) in [6.45, 7) is 8.22. The monoisotopic (exact) mass is 523 g/mol. The summed E-state index contributed by atoms with van der Waals surface area (Å²) in [5, 5.41) is 22.4. The fourth-order valence-corrected chi connectivity index (χ4v) is 5.11. The van der Waals surface area contributed by atoms with Gasteiger partial charge in [0, 0.05) is 49.8 Å². The maximum absolute atomic E-state index is 13.5. The summed E-state index contributed by atoms with van der Waals surface area (Å²) < 4.78 is 1.58. The number of aromatic nitrogens is 3. The molecular weight excluding hydrogens is 494 g/mol. The van der Waals surface area contributed by atoms with Crippen molar-refractivity contribution in [2.24, 2.45) is 0 Å². The first kappa shape index (κ1) is 25.7. The number of benzene rings is 1. The predicted octanol–water partition coefficient (Wildman–Crippen LogP) is 3.78. The van der Waals surface area contributed by atoms with Crippen LogP contribution in [0.4, 0.5) is 17.2 Å². The molecule has 5 rings (SSSR count). The Bertz CT molecular complexity index is 1670. The number of carboxylic acid groups (broad SMARTS) is 1. The number of hydrogen-bond donors (Lipinski definition) is 2. The zero-order valence-corrected chi connectivity index (χ0v) is 22.0. The van der Waals surface area contributed by atoms with Crippen molar-refractivity contribution < 1.29 is 9.90 Å². The van der Waals surface area contributed by atoms with Crippen LogP contribution >= 0.6 is 0 Å². The number of nitrogens with one attached hydrogen (secondary N) is 1. The first-order chi connectivity index (χ1) is 18.8. The Balaban J connectivity index is 1.49. The van der Waals surface area contributed by atoms with Crippen LogP contribution in [-0.4, -0.2) is 51.6 Å². The second-order valence-electron chi connectivity index (χ2n) is 9.71. The van der Waals surface area contributed by atoms with Crippen LogP contribution in [0.1, 0.15) is 45.7 Å². The number of aromatic carboxylic acids is 1. The molecule has 0 bridgehead atoms. The molecule has 4 aromatic rings. The average Bonchev–Trinajstić information content (AvgIpc) is 2.95. The van der Waals surface area contributed by atoms with E-state index in [4.69, 9.17) is 4.98 Å². The largest absolute Gasteiger partial charge is 0.478 e. The highest BCUT2D eigenvalue weighted by atomic mass is 16.4. The van der Waals surface area contributed by atoms with Crippen LogP contribution < -0.4 is 20.7 Å². The van der Waals surface area contributed by atoms with Gasteiger partial charge in [0.15, 0.2) is 5.69 Å². The molecule has 0 amide bonds. The lowest BCUT2D eigenvalue weighted by molar-refractivity contribution is 0.0698. The van der Waals surface area contributed by atoms with E-state index in [0.29, 0.717) is 54.6 Å². The Morgan fingerprint density at radius 3 is 2.54 bits per heavy atom. The summed E-state index contributed by atoms with van der Waals surface area (Å²) in [5.41, 5.74) is 4.52. The van der Waals surface area contributed by atoms with Crippen LogP contribution in [0.15, 0.2) is 59.7 Å². The van der Waals surface area contributed by atoms with Crippen molar-refractivity contribution >= 4 is 28.8 Å². The number of carboxylic acids is 1. The molecule has 10 nitrogen and oxygen atoms in total. The number of nitrogens with zero attached hydrogens (tertiary/aromatic N) is 6. The number of aryl methyl sites for hydroxylation is 1.